The third kappa shape index (κ3) is 2.50. The second-order valence-electron chi connectivity index (χ2n) is 3.47. The number of β-lactam (4-membered cyclic amide) rings is 1. The molecule has 2 N–H and O–H groups in total. The molecule has 84 valence electrons. The van der Waals surface area contributed by atoms with E-state index in [1.807, 2.05) is 18.2 Å². The standard InChI is InChI=1S/C11H12N2O3/c14-10(13-9-6-12-11(9)15)7-16-8-4-2-1-3-5-8/h1-5,9H,6-7H2,(H,12,15)(H,13,14). The monoisotopic (exact) mass is 220 g/mol. The Labute approximate surface area is 92.8 Å². The topological polar surface area (TPSA) is 67.4 Å². The van der Waals surface area contributed by atoms with E-state index in [0.717, 1.165) is 0 Å². The van der Waals surface area contributed by atoms with Crippen molar-refractivity contribution in [2.24, 2.45) is 0 Å². The van der Waals surface area contributed by atoms with Crippen LogP contribution in [0.2, 0.25) is 0 Å². The van der Waals surface area contributed by atoms with Gasteiger partial charge in [-0.15, -0.1) is 0 Å². The number of carbonyl (C=O) groups is 2. The minimum Gasteiger partial charge on any atom is -0.484 e. The molecule has 1 unspecified atom stereocenters. The number of amides is 2. The summed E-state index contributed by atoms with van der Waals surface area (Å²) in [5, 5.41) is 5.10. The fraction of sp³-hybridized carbons (Fsp3) is 0.273. The largest absolute Gasteiger partial charge is 0.484 e. The first kappa shape index (κ1) is 10.5. The van der Waals surface area contributed by atoms with Crippen molar-refractivity contribution in [2.75, 3.05) is 13.2 Å². The van der Waals surface area contributed by atoms with Crippen LogP contribution in [0.15, 0.2) is 30.3 Å². The van der Waals surface area contributed by atoms with Crippen LogP contribution in [0.4, 0.5) is 0 Å². The molecule has 1 aromatic rings. The minimum absolute atomic E-state index is 0.0756. The van der Waals surface area contributed by atoms with Crippen LogP contribution in [0, 0.1) is 0 Å². The van der Waals surface area contributed by atoms with Gasteiger partial charge in [0.25, 0.3) is 5.91 Å². The zero-order valence-corrected chi connectivity index (χ0v) is 8.60. The number of rotatable bonds is 4. The molecule has 5 heteroatoms. The number of hydrogen-bond acceptors (Lipinski definition) is 3. The molecule has 1 aromatic carbocycles. The van der Waals surface area contributed by atoms with Gasteiger partial charge in [-0.2, -0.15) is 0 Å². The van der Waals surface area contributed by atoms with E-state index in [4.69, 9.17) is 4.74 Å². The molecule has 1 aliphatic heterocycles. The summed E-state index contributed by atoms with van der Waals surface area (Å²) >= 11 is 0. The van der Waals surface area contributed by atoms with Crippen LogP contribution in [0.5, 0.6) is 5.75 Å². The quantitative estimate of drug-likeness (QED) is 0.683. The highest BCUT2D eigenvalue weighted by Gasteiger charge is 2.28. The summed E-state index contributed by atoms with van der Waals surface area (Å²) in [6.07, 6.45) is 0. The van der Waals surface area contributed by atoms with Crippen molar-refractivity contribution in [1.82, 2.24) is 10.6 Å². The average molecular weight is 220 g/mol. The second kappa shape index (κ2) is 4.65. The van der Waals surface area contributed by atoms with Gasteiger partial charge in [-0.05, 0) is 12.1 Å². The molecule has 1 fully saturated rings. The first-order chi connectivity index (χ1) is 7.75. The maximum Gasteiger partial charge on any atom is 0.258 e. The summed E-state index contributed by atoms with van der Waals surface area (Å²) in [5.74, 6) is 0.201. The number of carbonyl (C=O) groups excluding carboxylic acids is 2. The molecule has 0 saturated carbocycles. The molecular weight excluding hydrogens is 208 g/mol. The third-order valence-corrected chi connectivity index (χ3v) is 2.25. The van der Waals surface area contributed by atoms with Gasteiger partial charge in [-0.25, -0.2) is 0 Å². The maximum absolute atomic E-state index is 11.3. The lowest BCUT2D eigenvalue weighted by Gasteiger charge is -2.26. The van der Waals surface area contributed by atoms with Gasteiger partial charge >= 0.3 is 0 Å². The third-order valence-electron chi connectivity index (χ3n) is 2.25. The van der Waals surface area contributed by atoms with Gasteiger partial charge in [-0.3, -0.25) is 9.59 Å². The maximum atomic E-state index is 11.3. The van der Waals surface area contributed by atoms with Gasteiger partial charge in [0.05, 0.1) is 0 Å². The van der Waals surface area contributed by atoms with E-state index >= 15 is 0 Å². The zero-order chi connectivity index (χ0) is 11.4. The van der Waals surface area contributed by atoms with Crippen LogP contribution < -0.4 is 15.4 Å². The van der Waals surface area contributed by atoms with Gasteiger partial charge in [0, 0.05) is 6.54 Å². The summed E-state index contributed by atoms with van der Waals surface area (Å²) in [5.41, 5.74) is 0. The highest BCUT2D eigenvalue weighted by Crippen LogP contribution is 2.07. The van der Waals surface area contributed by atoms with Crippen molar-refractivity contribution in [3.63, 3.8) is 0 Å². The van der Waals surface area contributed by atoms with Gasteiger partial charge in [-0.1, -0.05) is 18.2 Å². The van der Waals surface area contributed by atoms with Crippen molar-refractivity contribution in [1.29, 1.82) is 0 Å². The van der Waals surface area contributed by atoms with Crippen molar-refractivity contribution in [2.45, 2.75) is 6.04 Å². The predicted octanol–water partition coefficient (Wildman–Crippen LogP) is -0.320. The van der Waals surface area contributed by atoms with Crippen molar-refractivity contribution in [3.8, 4) is 5.75 Å². The van der Waals surface area contributed by atoms with Crippen LogP contribution in [0.3, 0.4) is 0 Å². The number of benzene rings is 1. The highest BCUT2D eigenvalue weighted by atomic mass is 16.5. The number of ether oxygens (including phenoxy) is 1. The molecule has 2 amide bonds. The van der Waals surface area contributed by atoms with Crippen LogP contribution in [0.1, 0.15) is 0 Å². The first-order valence-corrected chi connectivity index (χ1v) is 5.00. The lowest BCUT2D eigenvalue weighted by Crippen LogP contribution is -2.62. The molecule has 1 heterocycles. The number of hydrogen-bond donors (Lipinski definition) is 2. The molecule has 0 aromatic heterocycles. The van der Waals surface area contributed by atoms with E-state index in [0.29, 0.717) is 12.3 Å². The molecule has 0 bridgehead atoms. The van der Waals surface area contributed by atoms with Crippen molar-refractivity contribution in [3.05, 3.63) is 30.3 Å². The number of nitrogens with one attached hydrogen (secondary N) is 2. The van der Waals surface area contributed by atoms with Crippen LogP contribution >= 0.6 is 0 Å². The molecule has 0 radical (unpaired) electrons. The first-order valence-electron chi connectivity index (χ1n) is 5.00. The van der Waals surface area contributed by atoms with Gasteiger partial charge in [0.2, 0.25) is 5.91 Å². The Kier molecular flexibility index (Phi) is 3.05. The van der Waals surface area contributed by atoms with E-state index in [-0.39, 0.29) is 18.4 Å². The molecule has 1 aliphatic rings. The number of para-hydroxylation sites is 1. The van der Waals surface area contributed by atoms with E-state index in [9.17, 15) is 9.59 Å². The minimum atomic E-state index is -0.396. The lowest BCUT2D eigenvalue weighted by atomic mass is 10.1. The average Bonchev–Trinajstić information content (AvgIpc) is 2.33. The second-order valence-corrected chi connectivity index (χ2v) is 3.47. The molecule has 1 saturated heterocycles. The highest BCUT2D eigenvalue weighted by molar-refractivity contribution is 5.92. The van der Waals surface area contributed by atoms with Crippen molar-refractivity contribution >= 4 is 11.8 Å². The smallest absolute Gasteiger partial charge is 0.258 e. The Morgan fingerprint density at radius 1 is 1.44 bits per heavy atom. The Balaban J connectivity index is 1.74. The van der Waals surface area contributed by atoms with Crippen LogP contribution in [-0.4, -0.2) is 31.0 Å². The summed E-state index contributed by atoms with van der Waals surface area (Å²) < 4.78 is 5.23. The van der Waals surface area contributed by atoms with E-state index in [2.05, 4.69) is 10.6 Å². The lowest BCUT2D eigenvalue weighted by molar-refractivity contribution is -0.134. The molecule has 5 nitrogen and oxygen atoms in total. The van der Waals surface area contributed by atoms with E-state index in [1.54, 1.807) is 12.1 Å². The summed E-state index contributed by atoms with van der Waals surface area (Å²) in [4.78, 5) is 22.2. The molecule has 1 atom stereocenters. The fourth-order valence-corrected chi connectivity index (χ4v) is 1.31. The Morgan fingerprint density at radius 2 is 2.19 bits per heavy atom. The van der Waals surface area contributed by atoms with Gasteiger partial charge in [0.1, 0.15) is 11.8 Å². The van der Waals surface area contributed by atoms with E-state index < -0.39 is 6.04 Å². The van der Waals surface area contributed by atoms with E-state index in [1.165, 1.54) is 0 Å². The van der Waals surface area contributed by atoms with Gasteiger partial charge in [0.15, 0.2) is 6.61 Å². The Bertz CT molecular complexity index is 391. The van der Waals surface area contributed by atoms with Crippen molar-refractivity contribution < 1.29 is 14.3 Å². The summed E-state index contributed by atoms with van der Waals surface area (Å²) in [6, 6.07) is 8.66. The van der Waals surface area contributed by atoms with Gasteiger partial charge < -0.3 is 15.4 Å². The summed E-state index contributed by atoms with van der Waals surface area (Å²) in [7, 11) is 0. The Morgan fingerprint density at radius 3 is 2.75 bits per heavy atom. The predicted molar refractivity (Wildman–Crippen MR) is 56.9 cm³/mol. The normalized spacial score (nSPS) is 18.2. The molecular formula is C11H12N2O3. The SMILES string of the molecule is O=C(COc1ccccc1)NC1CNC1=O. The fourth-order valence-electron chi connectivity index (χ4n) is 1.31. The zero-order valence-electron chi connectivity index (χ0n) is 8.60. The Hall–Kier alpha value is -2.04. The molecule has 0 aliphatic carbocycles. The molecule has 0 spiro atoms. The van der Waals surface area contributed by atoms with Crippen LogP contribution in [-0.2, 0) is 9.59 Å². The van der Waals surface area contributed by atoms with Crippen LogP contribution in [0.25, 0.3) is 0 Å². The molecule has 16 heavy (non-hydrogen) atoms. The molecule has 2 rings (SSSR count). The summed E-state index contributed by atoms with van der Waals surface area (Å²) in [6.45, 7) is 0.420.